The van der Waals surface area contributed by atoms with E-state index in [0.717, 1.165) is 28.0 Å². The van der Waals surface area contributed by atoms with Crippen LogP contribution in [0.15, 0.2) is 48.6 Å². The van der Waals surface area contributed by atoms with Gasteiger partial charge in [0, 0.05) is 24.5 Å². The summed E-state index contributed by atoms with van der Waals surface area (Å²) in [4.78, 5) is 0. The van der Waals surface area contributed by atoms with Gasteiger partial charge in [0.2, 0.25) is 0 Å². The SMILES string of the molecule is C=C(C)[C@H]1Cc2c(cc(OC)c3c2O[C@H](c2ccccc2)C[C@H]3O)O1. The molecule has 2 aliphatic heterocycles. The number of aliphatic hydroxyl groups is 1. The van der Waals surface area contributed by atoms with Crippen LogP contribution in [0.3, 0.4) is 0 Å². The Morgan fingerprint density at radius 2 is 2.00 bits per heavy atom. The van der Waals surface area contributed by atoms with Gasteiger partial charge in [-0.25, -0.2) is 0 Å². The van der Waals surface area contributed by atoms with Gasteiger partial charge in [0.05, 0.1) is 18.8 Å². The minimum absolute atomic E-state index is 0.0657. The van der Waals surface area contributed by atoms with E-state index in [4.69, 9.17) is 14.2 Å². The maximum atomic E-state index is 10.8. The summed E-state index contributed by atoms with van der Waals surface area (Å²) in [5.74, 6) is 2.06. The Morgan fingerprint density at radius 1 is 1.24 bits per heavy atom. The van der Waals surface area contributed by atoms with E-state index in [0.29, 0.717) is 24.3 Å². The molecule has 0 fully saturated rings. The molecule has 0 amide bonds. The van der Waals surface area contributed by atoms with Crippen molar-refractivity contribution in [3.05, 3.63) is 65.2 Å². The maximum absolute atomic E-state index is 10.8. The number of aliphatic hydroxyl groups excluding tert-OH is 1. The molecule has 0 spiro atoms. The van der Waals surface area contributed by atoms with Crippen molar-refractivity contribution in [2.45, 2.75) is 38.1 Å². The fourth-order valence-electron chi connectivity index (χ4n) is 3.63. The van der Waals surface area contributed by atoms with Crippen LogP contribution in [0.25, 0.3) is 0 Å². The van der Waals surface area contributed by atoms with Crippen molar-refractivity contribution in [3.8, 4) is 17.2 Å². The van der Waals surface area contributed by atoms with Crippen molar-refractivity contribution in [2.24, 2.45) is 0 Å². The third kappa shape index (κ3) is 2.67. The first-order valence-electron chi connectivity index (χ1n) is 8.54. The highest BCUT2D eigenvalue weighted by molar-refractivity contribution is 5.61. The Bertz CT molecular complexity index is 812. The predicted molar refractivity (Wildman–Crippen MR) is 95.3 cm³/mol. The number of hydrogen-bond donors (Lipinski definition) is 1. The van der Waals surface area contributed by atoms with Crippen LogP contribution in [0.1, 0.15) is 42.2 Å². The summed E-state index contributed by atoms with van der Waals surface area (Å²) in [7, 11) is 1.60. The molecule has 0 unspecified atom stereocenters. The molecule has 25 heavy (non-hydrogen) atoms. The molecule has 0 saturated heterocycles. The summed E-state index contributed by atoms with van der Waals surface area (Å²) in [6.07, 6.45) is 0.299. The van der Waals surface area contributed by atoms with Gasteiger partial charge < -0.3 is 19.3 Å². The number of methoxy groups -OCH3 is 1. The summed E-state index contributed by atoms with van der Waals surface area (Å²) >= 11 is 0. The number of ether oxygens (including phenoxy) is 3. The fraction of sp³-hybridized carbons (Fsp3) is 0.333. The highest BCUT2D eigenvalue weighted by Gasteiger charge is 2.37. The van der Waals surface area contributed by atoms with E-state index in [-0.39, 0.29) is 12.2 Å². The molecule has 0 radical (unpaired) electrons. The molecule has 4 heteroatoms. The van der Waals surface area contributed by atoms with Crippen molar-refractivity contribution in [3.63, 3.8) is 0 Å². The van der Waals surface area contributed by atoms with Crippen LogP contribution >= 0.6 is 0 Å². The molecule has 3 atom stereocenters. The summed E-state index contributed by atoms with van der Waals surface area (Å²) in [5.41, 5.74) is 3.74. The average Bonchev–Trinajstić information content (AvgIpc) is 3.06. The van der Waals surface area contributed by atoms with E-state index in [1.54, 1.807) is 7.11 Å². The van der Waals surface area contributed by atoms with Gasteiger partial charge in [0.15, 0.2) is 0 Å². The van der Waals surface area contributed by atoms with Gasteiger partial charge in [0.25, 0.3) is 0 Å². The molecular weight excluding hydrogens is 316 g/mol. The lowest BCUT2D eigenvalue weighted by Gasteiger charge is -2.32. The van der Waals surface area contributed by atoms with Gasteiger partial charge in [-0.3, -0.25) is 0 Å². The lowest BCUT2D eigenvalue weighted by molar-refractivity contribution is 0.0625. The Kier molecular flexibility index (Phi) is 3.92. The van der Waals surface area contributed by atoms with Crippen LogP contribution in [0.2, 0.25) is 0 Å². The summed E-state index contributed by atoms with van der Waals surface area (Å²) < 4.78 is 17.9. The fourth-order valence-corrected chi connectivity index (χ4v) is 3.63. The number of fused-ring (bicyclic) bond motifs is 3. The molecule has 130 valence electrons. The summed E-state index contributed by atoms with van der Waals surface area (Å²) in [5, 5.41) is 10.8. The molecule has 0 aliphatic carbocycles. The maximum Gasteiger partial charge on any atom is 0.136 e. The Labute approximate surface area is 147 Å². The lowest BCUT2D eigenvalue weighted by atomic mass is 9.91. The van der Waals surface area contributed by atoms with Gasteiger partial charge in [-0.2, -0.15) is 0 Å². The third-order valence-electron chi connectivity index (χ3n) is 4.97. The highest BCUT2D eigenvalue weighted by Crippen LogP contribution is 2.52. The van der Waals surface area contributed by atoms with E-state index in [1.807, 2.05) is 43.3 Å². The van der Waals surface area contributed by atoms with Crippen LogP contribution in [-0.2, 0) is 6.42 Å². The smallest absolute Gasteiger partial charge is 0.136 e. The molecular formula is C21H22O4. The van der Waals surface area contributed by atoms with E-state index in [1.165, 1.54) is 0 Å². The van der Waals surface area contributed by atoms with Crippen molar-refractivity contribution >= 4 is 0 Å². The molecule has 0 saturated carbocycles. The second-order valence-corrected chi connectivity index (χ2v) is 6.72. The minimum atomic E-state index is -0.641. The third-order valence-corrected chi connectivity index (χ3v) is 4.97. The molecule has 1 N–H and O–H groups in total. The van der Waals surface area contributed by atoms with Crippen molar-refractivity contribution < 1.29 is 19.3 Å². The van der Waals surface area contributed by atoms with Gasteiger partial charge in [-0.05, 0) is 18.1 Å². The van der Waals surface area contributed by atoms with E-state index in [9.17, 15) is 5.11 Å². The normalized spacial score (nSPS) is 23.9. The second-order valence-electron chi connectivity index (χ2n) is 6.72. The Balaban J connectivity index is 1.79. The average molecular weight is 338 g/mol. The molecule has 0 bridgehead atoms. The molecule has 0 aromatic heterocycles. The zero-order valence-electron chi connectivity index (χ0n) is 14.5. The largest absolute Gasteiger partial charge is 0.496 e. The van der Waals surface area contributed by atoms with E-state index < -0.39 is 6.10 Å². The molecule has 2 aliphatic rings. The molecule has 2 aromatic rings. The zero-order chi connectivity index (χ0) is 17.6. The highest BCUT2D eigenvalue weighted by atomic mass is 16.5. The number of rotatable bonds is 3. The standard InChI is InChI=1S/C21H22O4/c1-12(2)16-9-14-18(24-16)11-19(23-3)20-15(22)10-17(25-21(14)20)13-7-5-4-6-8-13/h4-8,11,15-17,22H,1,9-10H2,2-3H3/t15-,16-,17+/m1/s1. The lowest BCUT2D eigenvalue weighted by Crippen LogP contribution is -2.21. The quantitative estimate of drug-likeness (QED) is 0.855. The predicted octanol–water partition coefficient (Wildman–Crippen LogP) is 4.13. The van der Waals surface area contributed by atoms with Crippen molar-refractivity contribution in [1.29, 1.82) is 0 Å². The van der Waals surface area contributed by atoms with Crippen LogP contribution < -0.4 is 14.2 Å². The first-order valence-corrected chi connectivity index (χ1v) is 8.54. The van der Waals surface area contributed by atoms with Crippen molar-refractivity contribution in [1.82, 2.24) is 0 Å². The molecule has 4 rings (SSSR count). The molecule has 2 heterocycles. The van der Waals surface area contributed by atoms with Gasteiger partial charge >= 0.3 is 0 Å². The number of benzene rings is 2. The second kappa shape index (κ2) is 6.12. The minimum Gasteiger partial charge on any atom is -0.496 e. The van der Waals surface area contributed by atoms with E-state index in [2.05, 4.69) is 6.58 Å². The molecule has 2 aromatic carbocycles. The summed E-state index contributed by atoms with van der Waals surface area (Å²) in [6, 6.07) is 11.8. The van der Waals surface area contributed by atoms with E-state index >= 15 is 0 Å². The van der Waals surface area contributed by atoms with Crippen LogP contribution in [0.5, 0.6) is 17.2 Å². The Morgan fingerprint density at radius 3 is 2.68 bits per heavy atom. The zero-order valence-corrected chi connectivity index (χ0v) is 14.5. The van der Waals surface area contributed by atoms with Crippen LogP contribution in [-0.4, -0.2) is 18.3 Å². The first kappa shape index (κ1) is 16.0. The molecule has 4 nitrogen and oxygen atoms in total. The van der Waals surface area contributed by atoms with Gasteiger partial charge in [-0.1, -0.05) is 36.9 Å². The van der Waals surface area contributed by atoms with Crippen molar-refractivity contribution in [2.75, 3.05) is 7.11 Å². The monoisotopic (exact) mass is 338 g/mol. The topological polar surface area (TPSA) is 47.9 Å². The van der Waals surface area contributed by atoms with Crippen LogP contribution in [0, 0.1) is 0 Å². The van der Waals surface area contributed by atoms with Gasteiger partial charge in [-0.15, -0.1) is 0 Å². The summed E-state index contributed by atoms with van der Waals surface area (Å²) in [6.45, 7) is 5.97. The number of hydrogen-bond acceptors (Lipinski definition) is 4. The van der Waals surface area contributed by atoms with Crippen LogP contribution in [0.4, 0.5) is 0 Å². The Hall–Kier alpha value is -2.46. The first-order chi connectivity index (χ1) is 12.1. The van der Waals surface area contributed by atoms with Gasteiger partial charge in [0.1, 0.15) is 29.5 Å².